The van der Waals surface area contributed by atoms with Crippen molar-refractivity contribution in [1.82, 2.24) is 15.2 Å². The molecule has 2 rings (SSSR count). The third kappa shape index (κ3) is 4.18. The Morgan fingerprint density at radius 1 is 1.42 bits per heavy atom. The topological polar surface area (TPSA) is 48.5 Å². The summed E-state index contributed by atoms with van der Waals surface area (Å²) in [6.45, 7) is 8.34. The Morgan fingerprint density at radius 3 is 2.74 bits per heavy atom. The smallest absolute Gasteiger partial charge is 0.223 e. The fourth-order valence-corrected chi connectivity index (χ4v) is 2.84. The van der Waals surface area contributed by atoms with Crippen LogP contribution in [0.1, 0.15) is 20.3 Å². The summed E-state index contributed by atoms with van der Waals surface area (Å²) in [6, 6.07) is 0.439. The average molecular weight is 282 g/mol. The van der Waals surface area contributed by atoms with Crippen LogP contribution in [-0.2, 0) is 4.79 Å². The normalized spacial score (nSPS) is 16.2. The van der Waals surface area contributed by atoms with E-state index in [0.717, 1.165) is 37.9 Å². The standard InChI is InChI=1S/C13H22N4OS/c1-11(2)14-4-3-12(18)16-6-8-17(9-7-16)13-15-5-10-19-13/h5,10-11,14H,3-4,6-9H2,1-2H3. The summed E-state index contributed by atoms with van der Waals surface area (Å²) in [7, 11) is 0. The van der Waals surface area contributed by atoms with Crippen LogP contribution in [0, 0.1) is 0 Å². The zero-order valence-corrected chi connectivity index (χ0v) is 12.4. The van der Waals surface area contributed by atoms with E-state index in [0.29, 0.717) is 12.5 Å². The van der Waals surface area contributed by atoms with Gasteiger partial charge in [0.05, 0.1) is 0 Å². The van der Waals surface area contributed by atoms with Gasteiger partial charge in [0.2, 0.25) is 5.91 Å². The SMILES string of the molecule is CC(C)NCCC(=O)N1CCN(c2nccs2)CC1. The third-order valence-corrected chi connectivity index (χ3v) is 4.05. The lowest BCUT2D eigenvalue weighted by atomic mass is 10.2. The van der Waals surface area contributed by atoms with Crippen molar-refractivity contribution in [1.29, 1.82) is 0 Å². The molecule has 2 heterocycles. The summed E-state index contributed by atoms with van der Waals surface area (Å²) in [6.07, 6.45) is 2.42. The lowest BCUT2D eigenvalue weighted by Crippen LogP contribution is -2.49. The Labute approximate surface area is 118 Å². The van der Waals surface area contributed by atoms with Crippen LogP contribution in [0.2, 0.25) is 0 Å². The Kier molecular flexibility index (Phi) is 5.15. The van der Waals surface area contributed by atoms with Crippen molar-refractivity contribution in [3.8, 4) is 0 Å². The molecular formula is C13H22N4OS. The van der Waals surface area contributed by atoms with E-state index in [1.807, 2.05) is 16.5 Å². The molecule has 0 radical (unpaired) electrons. The summed E-state index contributed by atoms with van der Waals surface area (Å²) in [5.74, 6) is 0.256. The number of carbonyl (C=O) groups is 1. The van der Waals surface area contributed by atoms with E-state index in [1.165, 1.54) is 0 Å². The Morgan fingerprint density at radius 2 is 2.16 bits per heavy atom. The fourth-order valence-electron chi connectivity index (χ4n) is 2.15. The van der Waals surface area contributed by atoms with Gasteiger partial charge in [-0.25, -0.2) is 4.98 Å². The van der Waals surface area contributed by atoms with E-state index >= 15 is 0 Å². The molecule has 1 saturated heterocycles. The Balaban J connectivity index is 1.72. The van der Waals surface area contributed by atoms with Gasteiger partial charge in [-0.3, -0.25) is 4.79 Å². The minimum Gasteiger partial charge on any atom is -0.345 e. The molecule has 0 atom stereocenters. The largest absolute Gasteiger partial charge is 0.345 e. The van der Waals surface area contributed by atoms with Crippen molar-refractivity contribution < 1.29 is 4.79 Å². The molecule has 1 aliphatic rings. The molecule has 0 aliphatic carbocycles. The van der Waals surface area contributed by atoms with Gasteiger partial charge in [-0.15, -0.1) is 11.3 Å². The van der Waals surface area contributed by atoms with Crippen LogP contribution in [0.25, 0.3) is 0 Å². The van der Waals surface area contributed by atoms with Gasteiger partial charge in [-0.1, -0.05) is 13.8 Å². The first-order valence-corrected chi connectivity index (χ1v) is 7.70. The number of rotatable bonds is 5. The van der Waals surface area contributed by atoms with Crippen molar-refractivity contribution in [3.63, 3.8) is 0 Å². The highest BCUT2D eigenvalue weighted by Gasteiger charge is 2.21. The summed E-state index contributed by atoms with van der Waals surface area (Å²) >= 11 is 1.66. The summed E-state index contributed by atoms with van der Waals surface area (Å²) in [5, 5.41) is 6.33. The van der Waals surface area contributed by atoms with E-state index in [9.17, 15) is 4.79 Å². The average Bonchev–Trinajstić information content (AvgIpc) is 2.92. The molecule has 0 saturated carbocycles. The molecule has 19 heavy (non-hydrogen) atoms. The quantitative estimate of drug-likeness (QED) is 0.881. The van der Waals surface area contributed by atoms with Gasteiger partial charge in [0, 0.05) is 56.8 Å². The number of nitrogens with one attached hydrogen (secondary N) is 1. The molecule has 0 aromatic carbocycles. The lowest BCUT2D eigenvalue weighted by Gasteiger charge is -2.34. The third-order valence-electron chi connectivity index (χ3n) is 3.21. The minimum atomic E-state index is 0.256. The molecule has 1 aromatic heterocycles. The first-order chi connectivity index (χ1) is 9.16. The van der Waals surface area contributed by atoms with Crippen LogP contribution in [0.4, 0.5) is 5.13 Å². The number of carbonyl (C=O) groups excluding carboxylic acids is 1. The van der Waals surface area contributed by atoms with E-state index in [-0.39, 0.29) is 5.91 Å². The maximum Gasteiger partial charge on any atom is 0.223 e. The van der Waals surface area contributed by atoms with Crippen molar-refractivity contribution in [2.75, 3.05) is 37.6 Å². The molecule has 1 N–H and O–H groups in total. The number of anilines is 1. The molecular weight excluding hydrogens is 260 g/mol. The second-order valence-corrected chi connectivity index (χ2v) is 5.91. The highest BCUT2D eigenvalue weighted by Crippen LogP contribution is 2.18. The summed E-state index contributed by atoms with van der Waals surface area (Å²) < 4.78 is 0. The molecule has 1 amide bonds. The van der Waals surface area contributed by atoms with Gasteiger partial charge < -0.3 is 15.1 Å². The Bertz CT molecular complexity index is 385. The molecule has 5 nitrogen and oxygen atoms in total. The first kappa shape index (κ1) is 14.3. The molecule has 0 spiro atoms. The minimum absolute atomic E-state index is 0.256. The van der Waals surface area contributed by atoms with E-state index in [1.54, 1.807) is 11.3 Å². The van der Waals surface area contributed by atoms with Crippen molar-refractivity contribution in [3.05, 3.63) is 11.6 Å². The van der Waals surface area contributed by atoms with Crippen LogP contribution in [0.5, 0.6) is 0 Å². The maximum absolute atomic E-state index is 12.0. The van der Waals surface area contributed by atoms with Gasteiger partial charge >= 0.3 is 0 Å². The number of hydrogen-bond acceptors (Lipinski definition) is 5. The highest BCUT2D eigenvalue weighted by molar-refractivity contribution is 7.13. The lowest BCUT2D eigenvalue weighted by molar-refractivity contribution is -0.131. The van der Waals surface area contributed by atoms with Crippen LogP contribution in [0.15, 0.2) is 11.6 Å². The number of piperazine rings is 1. The zero-order valence-electron chi connectivity index (χ0n) is 11.6. The van der Waals surface area contributed by atoms with Crippen molar-refractivity contribution in [2.45, 2.75) is 26.3 Å². The van der Waals surface area contributed by atoms with Gasteiger partial charge in [0.25, 0.3) is 0 Å². The van der Waals surface area contributed by atoms with E-state index in [2.05, 4.69) is 29.0 Å². The second-order valence-electron chi connectivity index (χ2n) is 5.04. The van der Waals surface area contributed by atoms with Gasteiger partial charge in [-0.05, 0) is 0 Å². The Hall–Kier alpha value is -1.14. The predicted molar refractivity (Wildman–Crippen MR) is 78.7 cm³/mol. The summed E-state index contributed by atoms with van der Waals surface area (Å²) in [4.78, 5) is 20.6. The van der Waals surface area contributed by atoms with Crippen LogP contribution in [-0.4, -0.2) is 54.6 Å². The van der Waals surface area contributed by atoms with Crippen molar-refractivity contribution in [2.24, 2.45) is 0 Å². The molecule has 106 valence electrons. The molecule has 0 unspecified atom stereocenters. The second kappa shape index (κ2) is 6.86. The van der Waals surface area contributed by atoms with Gasteiger partial charge in [0.15, 0.2) is 5.13 Å². The molecule has 1 aliphatic heterocycles. The van der Waals surface area contributed by atoms with Crippen LogP contribution in [0.3, 0.4) is 0 Å². The molecule has 0 bridgehead atoms. The van der Waals surface area contributed by atoms with Crippen LogP contribution < -0.4 is 10.2 Å². The van der Waals surface area contributed by atoms with Crippen LogP contribution >= 0.6 is 11.3 Å². The number of thiazole rings is 1. The number of hydrogen-bond donors (Lipinski definition) is 1. The van der Waals surface area contributed by atoms with Gasteiger partial charge in [-0.2, -0.15) is 0 Å². The maximum atomic E-state index is 12.0. The number of nitrogens with zero attached hydrogens (tertiary/aromatic N) is 3. The fraction of sp³-hybridized carbons (Fsp3) is 0.692. The zero-order chi connectivity index (χ0) is 13.7. The molecule has 6 heteroatoms. The molecule has 1 aromatic rings. The van der Waals surface area contributed by atoms with Crippen molar-refractivity contribution >= 4 is 22.4 Å². The van der Waals surface area contributed by atoms with E-state index < -0.39 is 0 Å². The van der Waals surface area contributed by atoms with Gasteiger partial charge in [0.1, 0.15) is 0 Å². The number of amides is 1. The summed E-state index contributed by atoms with van der Waals surface area (Å²) in [5.41, 5.74) is 0. The highest BCUT2D eigenvalue weighted by atomic mass is 32.1. The first-order valence-electron chi connectivity index (χ1n) is 6.82. The predicted octanol–water partition coefficient (Wildman–Crippen LogP) is 1.18. The number of aromatic nitrogens is 1. The molecule has 1 fully saturated rings. The monoisotopic (exact) mass is 282 g/mol. The van der Waals surface area contributed by atoms with E-state index in [4.69, 9.17) is 0 Å².